The summed E-state index contributed by atoms with van der Waals surface area (Å²) in [6, 6.07) is 10.00. The predicted octanol–water partition coefficient (Wildman–Crippen LogP) is 1.87. The molecule has 0 aliphatic carbocycles. The van der Waals surface area contributed by atoms with Crippen molar-refractivity contribution < 1.29 is 9.32 Å². The molecule has 130 valence electrons. The summed E-state index contributed by atoms with van der Waals surface area (Å²) in [6.45, 7) is 6.04. The largest absolute Gasteiger partial charge is 0.340 e. The second-order valence-corrected chi connectivity index (χ2v) is 6.32. The summed E-state index contributed by atoms with van der Waals surface area (Å²) in [7, 11) is 0. The maximum Gasteiger partial charge on any atom is 0.223 e. The van der Waals surface area contributed by atoms with E-state index in [1.54, 1.807) is 18.7 Å². The van der Waals surface area contributed by atoms with Gasteiger partial charge in [-0.2, -0.15) is 10.2 Å². The molecule has 1 aliphatic rings. The van der Waals surface area contributed by atoms with Gasteiger partial charge >= 0.3 is 0 Å². The van der Waals surface area contributed by atoms with Crippen molar-refractivity contribution in [2.45, 2.75) is 39.4 Å². The van der Waals surface area contributed by atoms with Crippen LogP contribution in [-0.4, -0.2) is 45.0 Å². The van der Waals surface area contributed by atoms with E-state index in [2.05, 4.69) is 21.1 Å². The van der Waals surface area contributed by atoms with Crippen LogP contribution < -0.4 is 0 Å². The molecule has 0 saturated carbocycles. The highest BCUT2D eigenvalue weighted by molar-refractivity contribution is 5.73. The van der Waals surface area contributed by atoms with Crippen molar-refractivity contribution in [1.29, 1.82) is 5.26 Å². The van der Waals surface area contributed by atoms with Crippen molar-refractivity contribution in [3.05, 3.63) is 47.1 Å². The molecule has 2 aromatic rings. The number of carbonyl (C=O) groups is 1. The van der Waals surface area contributed by atoms with Crippen LogP contribution in [0.25, 0.3) is 0 Å². The zero-order valence-corrected chi connectivity index (χ0v) is 14.5. The van der Waals surface area contributed by atoms with Crippen molar-refractivity contribution in [1.82, 2.24) is 19.9 Å². The fraction of sp³-hybridized carbons (Fsp3) is 0.444. The Morgan fingerprint density at radius 3 is 2.96 bits per heavy atom. The van der Waals surface area contributed by atoms with E-state index in [-0.39, 0.29) is 11.9 Å². The Hall–Kier alpha value is -2.72. The molecule has 1 atom stereocenters. The first-order valence-electron chi connectivity index (χ1n) is 8.33. The first kappa shape index (κ1) is 17.1. The Bertz CT molecular complexity index is 795. The van der Waals surface area contributed by atoms with Crippen LogP contribution >= 0.6 is 0 Å². The number of carbonyl (C=O) groups excluding carboxylic acids is 1. The third-order valence-electron chi connectivity index (χ3n) is 4.51. The van der Waals surface area contributed by atoms with Gasteiger partial charge in [-0.3, -0.25) is 9.69 Å². The third kappa shape index (κ3) is 4.03. The van der Waals surface area contributed by atoms with Crippen molar-refractivity contribution in [2.75, 3.05) is 13.1 Å². The van der Waals surface area contributed by atoms with Crippen LogP contribution in [-0.2, 0) is 17.9 Å². The number of benzene rings is 1. The summed E-state index contributed by atoms with van der Waals surface area (Å²) in [5.41, 5.74) is 1.73. The number of aryl methyl sites for hydroxylation is 1. The molecule has 25 heavy (non-hydrogen) atoms. The SMILES string of the molecule is CC(=O)N(Cc1noc(C)n1)[C@H]1CCN(Cc2ccccc2C#N)C1. The number of aromatic nitrogens is 2. The second-order valence-electron chi connectivity index (χ2n) is 6.32. The molecule has 0 radical (unpaired) electrons. The molecule has 3 rings (SSSR count). The monoisotopic (exact) mass is 339 g/mol. The van der Waals surface area contributed by atoms with Crippen LogP contribution in [0.15, 0.2) is 28.8 Å². The average molecular weight is 339 g/mol. The van der Waals surface area contributed by atoms with Gasteiger partial charge in [0.25, 0.3) is 0 Å². The lowest BCUT2D eigenvalue weighted by atomic mass is 10.1. The topological polar surface area (TPSA) is 86.3 Å². The minimum atomic E-state index is 0.00623. The standard InChI is InChI=1S/C18H21N5O2/c1-13-20-18(21-25-13)12-23(14(2)24)17-7-8-22(11-17)10-16-6-4-3-5-15(16)9-19/h3-6,17H,7-8,10-12H2,1-2H3/t17-/m0/s1. The van der Waals surface area contributed by atoms with E-state index < -0.39 is 0 Å². The first-order valence-corrected chi connectivity index (χ1v) is 8.33. The molecule has 7 nitrogen and oxygen atoms in total. The van der Waals surface area contributed by atoms with Gasteiger partial charge in [0.05, 0.1) is 18.2 Å². The summed E-state index contributed by atoms with van der Waals surface area (Å²) in [5, 5.41) is 13.1. The number of rotatable bonds is 5. The third-order valence-corrected chi connectivity index (χ3v) is 4.51. The van der Waals surface area contributed by atoms with Gasteiger partial charge in [-0.25, -0.2) is 0 Å². The van der Waals surface area contributed by atoms with E-state index in [1.165, 1.54) is 0 Å². The highest BCUT2D eigenvalue weighted by Gasteiger charge is 2.30. The summed E-state index contributed by atoms with van der Waals surface area (Å²) in [4.78, 5) is 20.4. The fourth-order valence-corrected chi connectivity index (χ4v) is 3.27. The minimum absolute atomic E-state index is 0.00623. The predicted molar refractivity (Wildman–Crippen MR) is 90.1 cm³/mol. The highest BCUT2D eigenvalue weighted by Crippen LogP contribution is 2.21. The Morgan fingerprint density at radius 2 is 2.28 bits per heavy atom. The molecule has 2 heterocycles. The van der Waals surface area contributed by atoms with Crippen LogP contribution in [0.2, 0.25) is 0 Å². The zero-order valence-electron chi connectivity index (χ0n) is 14.5. The van der Waals surface area contributed by atoms with Crippen molar-refractivity contribution >= 4 is 5.91 Å². The Morgan fingerprint density at radius 1 is 1.48 bits per heavy atom. The molecule has 1 amide bonds. The quantitative estimate of drug-likeness (QED) is 0.826. The molecule has 7 heteroatoms. The molecule has 0 unspecified atom stereocenters. The number of hydrogen-bond acceptors (Lipinski definition) is 6. The lowest BCUT2D eigenvalue weighted by Crippen LogP contribution is -2.40. The molecule has 1 aromatic carbocycles. The normalized spacial score (nSPS) is 17.4. The molecule has 1 fully saturated rings. The number of nitriles is 1. The molecular weight excluding hydrogens is 318 g/mol. The maximum absolute atomic E-state index is 12.1. The van der Waals surface area contributed by atoms with E-state index in [4.69, 9.17) is 4.52 Å². The molecule has 0 bridgehead atoms. The maximum atomic E-state index is 12.1. The molecule has 0 N–H and O–H groups in total. The van der Waals surface area contributed by atoms with Crippen molar-refractivity contribution in [2.24, 2.45) is 0 Å². The zero-order chi connectivity index (χ0) is 17.8. The van der Waals surface area contributed by atoms with Gasteiger partial charge < -0.3 is 9.42 Å². The Balaban J connectivity index is 1.65. The summed E-state index contributed by atoms with van der Waals surface area (Å²) in [5.74, 6) is 1.03. The summed E-state index contributed by atoms with van der Waals surface area (Å²) < 4.78 is 4.99. The van der Waals surface area contributed by atoms with Crippen LogP contribution in [0.1, 0.15) is 36.2 Å². The van der Waals surface area contributed by atoms with Gasteiger partial charge in [0.1, 0.15) is 0 Å². The Labute approximate surface area is 146 Å². The molecule has 1 aliphatic heterocycles. The molecular formula is C18H21N5O2. The van der Waals surface area contributed by atoms with Crippen LogP contribution in [0.5, 0.6) is 0 Å². The fourth-order valence-electron chi connectivity index (χ4n) is 3.27. The number of amides is 1. The smallest absolute Gasteiger partial charge is 0.223 e. The average Bonchev–Trinajstić information content (AvgIpc) is 3.22. The lowest BCUT2D eigenvalue weighted by Gasteiger charge is -2.27. The van der Waals surface area contributed by atoms with Crippen LogP contribution in [0.4, 0.5) is 0 Å². The van der Waals surface area contributed by atoms with Crippen molar-refractivity contribution in [3.8, 4) is 6.07 Å². The number of hydrogen-bond donors (Lipinski definition) is 0. The van der Waals surface area contributed by atoms with E-state index in [9.17, 15) is 10.1 Å². The molecule has 1 aromatic heterocycles. The molecule has 1 saturated heterocycles. The van der Waals surface area contributed by atoms with E-state index in [0.29, 0.717) is 30.4 Å². The summed E-state index contributed by atoms with van der Waals surface area (Å²) >= 11 is 0. The van der Waals surface area contributed by atoms with Gasteiger partial charge in [-0.1, -0.05) is 23.4 Å². The minimum Gasteiger partial charge on any atom is -0.340 e. The van der Waals surface area contributed by atoms with E-state index >= 15 is 0 Å². The van der Waals surface area contributed by atoms with Gasteiger partial charge in [0.15, 0.2) is 5.82 Å². The molecule has 0 spiro atoms. The van der Waals surface area contributed by atoms with Crippen LogP contribution in [0, 0.1) is 18.3 Å². The van der Waals surface area contributed by atoms with Gasteiger partial charge in [-0.05, 0) is 18.1 Å². The summed E-state index contributed by atoms with van der Waals surface area (Å²) in [6.07, 6.45) is 0.894. The van der Waals surface area contributed by atoms with Gasteiger partial charge in [0, 0.05) is 39.5 Å². The van der Waals surface area contributed by atoms with Gasteiger partial charge in [-0.15, -0.1) is 0 Å². The van der Waals surface area contributed by atoms with Crippen LogP contribution in [0.3, 0.4) is 0 Å². The van der Waals surface area contributed by atoms with Crippen molar-refractivity contribution in [3.63, 3.8) is 0 Å². The van der Waals surface area contributed by atoms with Gasteiger partial charge in [0.2, 0.25) is 11.8 Å². The highest BCUT2D eigenvalue weighted by atomic mass is 16.5. The van der Waals surface area contributed by atoms with E-state index in [1.807, 2.05) is 24.3 Å². The lowest BCUT2D eigenvalue weighted by molar-refractivity contribution is -0.131. The Kier molecular flexibility index (Phi) is 5.10. The van der Waals surface area contributed by atoms with E-state index in [0.717, 1.165) is 25.1 Å². The number of nitrogens with zero attached hydrogens (tertiary/aromatic N) is 5. The second kappa shape index (κ2) is 7.45. The first-order chi connectivity index (χ1) is 12.1. The number of likely N-dealkylation sites (tertiary alicyclic amines) is 1.